The lowest BCUT2D eigenvalue weighted by Gasteiger charge is -2.07. The maximum absolute atomic E-state index is 11.9. The van der Waals surface area contributed by atoms with E-state index in [1.165, 1.54) is 0 Å². The minimum Gasteiger partial charge on any atom is -0.454 e. The lowest BCUT2D eigenvalue weighted by molar-refractivity contribution is 0.0995. The molecule has 1 N–H and O–H groups in total. The molecular weight excluding hydrogens is 337 g/mol. The molecule has 1 aromatic heterocycles. The van der Waals surface area contributed by atoms with Crippen molar-refractivity contribution >= 4 is 39.1 Å². The number of hydrogen-bond acceptors (Lipinski definition) is 4. The second kappa shape index (κ2) is 4.79. The van der Waals surface area contributed by atoms with Crippen LogP contribution in [-0.2, 0) is 0 Å². The van der Waals surface area contributed by atoms with Crippen LogP contribution >= 0.6 is 27.5 Å². The van der Waals surface area contributed by atoms with Crippen LogP contribution in [0.25, 0.3) is 0 Å². The molecule has 1 aromatic carbocycles. The Hall–Kier alpha value is -1.66. The predicted octanol–water partition coefficient (Wildman–Crippen LogP) is 3.68. The van der Waals surface area contributed by atoms with E-state index in [0.717, 1.165) is 0 Å². The summed E-state index contributed by atoms with van der Waals surface area (Å²) in [5, 5.41) is 3.01. The molecule has 5 nitrogen and oxygen atoms in total. The van der Waals surface area contributed by atoms with Crippen LogP contribution in [0.2, 0.25) is 5.02 Å². The average Bonchev–Trinajstić information content (AvgIpc) is 2.98. The van der Waals surface area contributed by atoms with Gasteiger partial charge in [-0.05, 0) is 28.1 Å². The van der Waals surface area contributed by atoms with Crippen LogP contribution in [-0.4, -0.2) is 12.7 Å². The summed E-state index contributed by atoms with van der Waals surface area (Å²) in [5.74, 6) is 0.885. The summed E-state index contributed by atoms with van der Waals surface area (Å²) in [5.41, 5.74) is 0.434. The minimum absolute atomic E-state index is 0.147. The lowest BCUT2D eigenvalue weighted by Crippen LogP contribution is -2.11. The molecule has 0 saturated heterocycles. The summed E-state index contributed by atoms with van der Waals surface area (Å²) in [6, 6.07) is 6.40. The Morgan fingerprint density at radius 3 is 2.68 bits per heavy atom. The molecule has 2 heterocycles. The van der Waals surface area contributed by atoms with Crippen molar-refractivity contribution in [1.82, 2.24) is 0 Å². The van der Waals surface area contributed by atoms with Crippen molar-refractivity contribution < 1.29 is 18.7 Å². The molecule has 19 heavy (non-hydrogen) atoms. The molecule has 1 aliphatic heterocycles. The molecule has 0 radical (unpaired) electrons. The Morgan fingerprint density at radius 2 is 2.00 bits per heavy atom. The van der Waals surface area contributed by atoms with Crippen molar-refractivity contribution in [3.8, 4) is 11.5 Å². The molecule has 0 saturated carbocycles. The van der Waals surface area contributed by atoms with E-state index >= 15 is 0 Å². The molecule has 2 aromatic rings. The molecule has 0 fully saturated rings. The number of halogens is 2. The molecule has 1 amide bonds. The van der Waals surface area contributed by atoms with Gasteiger partial charge >= 0.3 is 0 Å². The fourth-order valence-electron chi connectivity index (χ4n) is 1.63. The maximum atomic E-state index is 11.9. The minimum atomic E-state index is -0.397. The number of amides is 1. The number of carbonyl (C=O) groups excluding carboxylic acids is 1. The van der Waals surface area contributed by atoms with E-state index in [1.807, 2.05) is 0 Å². The Labute approximate surface area is 121 Å². The normalized spacial score (nSPS) is 12.5. The van der Waals surface area contributed by atoms with Crippen molar-refractivity contribution in [3.05, 3.63) is 39.7 Å². The van der Waals surface area contributed by atoms with Crippen LogP contribution in [0, 0.1) is 0 Å². The molecule has 7 heteroatoms. The molecule has 0 unspecified atom stereocenters. The van der Waals surface area contributed by atoms with Gasteiger partial charge in [0.2, 0.25) is 6.79 Å². The Kier molecular flexibility index (Phi) is 3.12. The zero-order valence-corrected chi connectivity index (χ0v) is 11.7. The maximum Gasteiger partial charge on any atom is 0.291 e. The third-order valence-electron chi connectivity index (χ3n) is 2.51. The summed E-state index contributed by atoms with van der Waals surface area (Å²) in [4.78, 5) is 11.9. The average molecular weight is 345 g/mol. The van der Waals surface area contributed by atoms with Gasteiger partial charge in [0.15, 0.2) is 21.9 Å². The summed E-state index contributed by atoms with van der Waals surface area (Å²) in [6.45, 7) is 0.147. The third-order valence-corrected chi connectivity index (χ3v) is 3.25. The molecule has 0 atom stereocenters. The van der Waals surface area contributed by atoms with Crippen LogP contribution in [0.5, 0.6) is 11.5 Å². The van der Waals surface area contributed by atoms with Crippen LogP contribution in [0.1, 0.15) is 10.6 Å². The number of rotatable bonds is 2. The summed E-state index contributed by atoms with van der Waals surface area (Å²) in [7, 11) is 0. The largest absolute Gasteiger partial charge is 0.454 e. The zero-order chi connectivity index (χ0) is 13.4. The van der Waals surface area contributed by atoms with Crippen molar-refractivity contribution in [2.75, 3.05) is 12.1 Å². The van der Waals surface area contributed by atoms with Gasteiger partial charge in [0.05, 0.1) is 10.7 Å². The van der Waals surface area contributed by atoms with Gasteiger partial charge in [-0.3, -0.25) is 4.79 Å². The number of anilines is 1. The highest BCUT2D eigenvalue weighted by molar-refractivity contribution is 9.10. The van der Waals surface area contributed by atoms with Gasteiger partial charge in [-0.1, -0.05) is 11.6 Å². The fourth-order valence-corrected chi connectivity index (χ4v) is 2.14. The van der Waals surface area contributed by atoms with E-state index in [0.29, 0.717) is 26.9 Å². The summed E-state index contributed by atoms with van der Waals surface area (Å²) >= 11 is 9.19. The predicted molar refractivity (Wildman–Crippen MR) is 71.9 cm³/mol. The van der Waals surface area contributed by atoms with Crippen molar-refractivity contribution in [2.24, 2.45) is 0 Å². The Bertz CT molecular complexity index is 655. The summed E-state index contributed by atoms with van der Waals surface area (Å²) in [6.07, 6.45) is 0. The van der Waals surface area contributed by atoms with E-state index in [2.05, 4.69) is 21.2 Å². The second-order valence-corrected chi connectivity index (χ2v) is 4.93. The molecule has 0 bridgehead atoms. The van der Waals surface area contributed by atoms with Gasteiger partial charge in [-0.15, -0.1) is 0 Å². The van der Waals surface area contributed by atoms with Gasteiger partial charge < -0.3 is 19.2 Å². The lowest BCUT2D eigenvalue weighted by atomic mass is 10.2. The van der Waals surface area contributed by atoms with Gasteiger partial charge in [-0.2, -0.15) is 0 Å². The van der Waals surface area contributed by atoms with Gasteiger partial charge in [0.1, 0.15) is 0 Å². The highest BCUT2D eigenvalue weighted by atomic mass is 79.9. The van der Waals surface area contributed by atoms with Gasteiger partial charge in [0.25, 0.3) is 5.91 Å². The van der Waals surface area contributed by atoms with Crippen molar-refractivity contribution in [3.63, 3.8) is 0 Å². The molecule has 1 aliphatic rings. The van der Waals surface area contributed by atoms with Crippen LogP contribution in [0.15, 0.2) is 33.4 Å². The first-order valence-corrected chi connectivity index (χ1v) is 6.46. The van der Waals surface area contributed by atoms with E-state index in [4.69, 9.17) is 25.5 Å². The fraction of sp³-hybridized carbons (Fsp3) is 0.0833. The molecule has 0 spiro atoms. The Morgan fingerprint density at radius 1 is 1.26 bits per heavy atom. The highest BCUT2D eigenvalue weighted by Gasteiger charge is 2.19. The van der Waals surface area contributed by atoms with Crippen LogP contribution in [0.4, 0.5) is 5.69 Å². The third kappa shape index (κ3) is 2.41. The van der Waals surface area contributed by atoms with E-state index in [1.54, 1.807) is 24.3 Å². The van der Waals surface area contributed by atoms with Crippen LogP contribution < -0.4 is 14.8 Å². The number of nitrogens with one attached hydrogen (secondary N) is 1. The van der Waals surface area contributed by atoms with E-state index in [9.17, 15) is 4.79 Å². The topological polar surface area (TPSA) is 60.7 Å². The molecule has 3 rings (SSSR count). The quantitative estimate of drug-likeness (QED) is 0.903. The Balaban J connectivity index is 1.85. The van der Waals surface area contributed by atoms with Crippen molar-refractivity contribution in [2.45, 2.75) is 0 Å². The second-order valence-electron chi connectivity index (χ2n) is 3.74. The number of furan rings is 1. The molecule has 0 aliphatic carbocycles. The number of benzene rings is 1. The van der Waals surface area contributed by atoms with E-state index < -0.39 is 5.91 Å². The zero-order valence-electron chi connectivity index (χ0n) is 9.41. The number of fused-ring (bicyclic) bond motifs is 1. The molecule has 98 valence electrons. The van der Waals surface area contributed by atoms with Crippen molar-refractivity contribution in [1.29, 1.82) is 0 Å². The van der Waals surface area contributed by atoms with Gasteiger partial charge in [0, 0.05) is 12.1 Å². The van der Waals surface area contributed by atoms with Crippen LogP contribution in [0.3, 0.4) is 0 Å². The number of ether oxygens (including phenoxy) is 2. The smallest absolute Gasteiger partial charge is 0.291 e. The first kappa shape index (κ1) is 12.4. The summed E-state index contributed by atoms with van der Waals surface area (Å²) < 4.78 is 16.0. The SMILES string of the molecule is O=C(Nc1cc2c(cc1Cl)OCO2)c1ccc(Br)o1. The highest BCUT2D eigenvalue weighted by Crippen LogP contribution is 2.39. The first-order valence-electron chi connectivity index (χ1n) is 5.29. The number of carbonyl (C=O) groups is 1. The monoisotopic (exact) mass is 343 g/mol. The standard InChI is InChI=1S/C12H7BrClNO4/c13-11-2-1-8(19-11)12(16)15-7-4-10-9(3-6(7)14)17-5-18-10/h1-4H,5H2,(H,15,16). The molecular formula is C12H7BrClNO4. The van der Waals surface area contributed by atoms with Gasteiger partial charge in [-0.25, -0.2) is 0 Å². The number of hydrogen-bond donors (Lipinski definition) is 1. The first-order chi connectivity index (χ1) is 9.13. The van der Waals surface area contributed by atoms with E-state index in [-0.39, 0.29) is 12.6 Å².